The Morgan fingerprint density at radius 1 is 1.16 bits per heavy atom. The van der Waals surface area contributed by atoms with Crippen LogP contribution in [0.5, 0.6) is 0 Å². The van der Waals surface area contributed by atoms with Crippen LogP contribution in [0.15, 0.2) is 36.5 Å². The number of nitrogens with zero attached hydrogens (tertiary/aromatic N) is 4. The summed E-state index contributed by atoms with van der Waals surface area (Å²) in [5.41, 5.74) is 6.60. The Morgan fingerprint density at radius 2 is 1.97 bits per heavy atom. The highest BCUT2D eigenvalue weighted by Crippen LogP contribution is 2.37. The summed E-state index contributed by atoms with van der Waals surface area (Å²) in [5, 5.41) is 0. The Balaban J connectivity index is 1.39. The van der Waals surface area contributed by atoms with Crippen molar-refractivity contribution < 1.29 is 4.79 Å². The van der Waals surface area contributed by atoms with E-state index in [-0.39, 0.29) is 11.8 Å². The van der Waals surface area contributed by atoms with Crippen LogP contribution in [-0.4, -0.2) is 40.5 Å². The van der Waals surface area contributed by atoms with E-state index in [1.165, 1.54) is 11.1 Å². The number of imidazole rings is 1. The fourth-order valence-electron chi connectivity index (χ4n) is 5.05. The molecule has 0 saturated carbocycles. The summed E-state index contributed by atoms with van der Waals surface area (Å²) < 4.78 is 0. The molecule has 2 aliphatic rings. The molecular weight excluding hydrogens is 398 g/mol. The highest BCUT2D eigenvalue weighted by Gasteiger charge is 2.33. The summed E-state index contributed by atoms with van der Waals surface area (Å²) in [6.07, 6.45) is 5.24. The van der Waals surface area contributed by atoms with E-state index in [0.717, 1.165) is 73.1 Å². The van der Waals surface area contributed by atoms with Crippen LogP contribution >= 0.6 is 0 Å². The number of aryl methyl sites for hydroxylation is 3. The molecule has 0 radical (unpaired) electrons. The van der Waals surface area contributed by atoms with Gasteiger partial charge in [-0.2, -0.15) is 0 Å². The number of pyridine rings is 1. The maximum Gasteiger partial charge on any atom is 0.230 e. The largest absolute Gasteiger partial charge is 0.356 e. The molecule has 0 unspecified atom stereocenters. The summed E-state index contributed by atoms with van der Waals surface area (Å²) in [4.78, 5) is 31.0. The van der Waals surface area contributed by atoms with Gasteiger partial charge in [0.1, 0.15) is 11.6 Å². The highest BCUT2D eigenvalue weighted by atomic mass is 16.2. The summed E-state index contributed by atoms with van der Waals surface area (Å²) >= 11 is 0. The minimum absolute atomic E-state index is 0.0417. The molecule has 1 saturated heterocycles. The Morgan fingerprint density at radius 3 is 2.72 bits per heavy atom. The standard InChI is InChI=1S/C26H31N5O/c1-4-23-28-21-11-15-31(22-8-7-17(2)16-20(22)24(21)29-23)26(32)19-9-13-30(14-10-19)25-18(3)6-5-12-27-25/h5-8,12,16,19H,4,9-11,13-15H2,1-3H3,(H,28,29). The van der Waals surface area contributed by atoms with Crippen molar-refractivity contribution in [1.82, 2.24) is 15.0 Å². The van der Waals surface area contributed by atoms with Crippen LogP contribution in [0, 0.1) is 19.8 Å². The number of hydrogen-bond donors (Lipinski definition) is 1. The second-order valence-corrected chi connectivity index (χ2v) is 9.03. The minimum Gasteiger partial charge on any atom is -0.356 e. The maximum atomic E-state index is 13.7. The van der Waals surface area contributed by atoms with Crippen molar-refractivity contribution in [3.8, 4) is 11.3 Å². The molecule has 1 fully saturated rings. The van der Waals surface area contributed by atoms with Crippen molar-refractivity contribution in [1.29, 1.82) is 0 Å². The van der Waals surface area contributed by atoms with Crippen molar-refractivity contribution in [3.63, 3.8) is 0 Å². The number of carbonyl (C=O) groups is 1. The van der Waals surface area contributed by atoms with E-state index in [0.29, 0.717) is 6.54 Å². The summed E-state index contributed by atoms with van der Waals surface area (Å²) in [6.45, 7) is 8.73. The molecule has 3 aromatic rings. The van der Waals surface area contributed by atoms with Gasteiger partial charge >= 0.3 is 0 Å². The molecule has 0 aliphatic carbocycles. The lowest BCUT2D eigenvalue weighted by atomic mass is 9.94. The Hall–Kier alpha value is -3.15. The number of anilines is 2. The van der Waals surface area contributed by atoms with Gasteiger partial charge in [0, 0.05) is 55.8 Å². The molecule has 1 amide bonds. The summed E-state index contributed by atoms with van der Waals surface area (Å²) in [6, 6.07) is 10.4. The average Bonchev–Trinajstić information content (AvgIpc) is 3.17. The summed E-state index contributed by atoms with van der Waals surface area (Å²) in [5.74, 6) is 2.35. The van der Waals surface area contributed by atoms with Crippen LogP contribution in [-0.2, 0) is 17.6 Å². The fourth-order valence-corrected chi connectivity index (χ4v) is 5.05. The van der Waals surface area contributed by atoms with E-state index in [2.05, 4.69) is 59.9 Å². The number of aromatic nitrogens is 3. The van der Waals surface area contributed by atoms with Crippen molar-refractivity contribution in [3.05, 3.63) is 59.2 Å². The number of amides is 1. The number of carbonyl (C=O) groups excluding carboxylic acids is 1. The van der Waals surface area contributed by atoms with Gasteiger partial charge in [0.2, 0.25) is 5.91 Å². The maximum absolute atomic E-state index is 13.7. The lowest BCUT2D eigenvalue weighted by Crippen LogP contribution is -2.43. The molecule has 1 N–H and O–H groups in total. The number of piperidine rings is 1. The molecule has 5 rings (SSSR count). The molecule has 2 aromatic heterocycles. The first-order valence-corrected chi connectivity index (χ1v) is 11.7. The number of rotatable bonds is 3. The first-order chi connectivity index (χ1) is 15.5. The first kappa shape index (κ1) is 20.7. The van der Waals surface area contributed by atoms with Crippen LogP contribution < -0.4 is 9.80 Å². The Labute approximate surface area is 189 Å². The predicted octanol–water partition coefficient (Wildman–Crippen LogP) is 4.46. The van der Waals surface area contributed by atoms with E-state index < -0.39 is 0 Å². The zero-order valence-corrected chi connectivity index (χ0v) is 19.2. The fraction of sp³-hybridized carbons (Fsp3) is 0.423. The zero-order valence-electron chi connectivity index (χ0n) is 19.2. The Kier molecular flexibility index (Phi) is 5.45. The average molecular weight is 430 g/mol. The SMILES string of the molecule is CCc1nc2c([nH]1)CCN(C(=O)C1CCN(c3ncccc3C)CC1)c1ccc(C)cc1-2. The van der Waals surface area contributed by atoms with Gasteiger partial charge in [0.15, 0.2) is 0 Å². The molecule has 32 heavy (non-hydrogen) atoms. The molecule has 166 valence electrons. The smallest absolute Gasteiger partial charge is 0.230 e. The van der Waals surface area contributed by atoms with Gasteiger partial charge in [-0.05, 0) is 50.5 Å². The monoisotopic (exact) mass is 429 g/mol. The molecule has 0 spiro atoms. The number of fused-ring (bicyclic) bond motifs is 3. The van der Waals surface area contributed by atoms with E-state index in [9.17, 15) is 4.79 Å². The molecule has 6 heteroatoms. The van der Waals surface area contributed by atoms with E-state index in [1.807, 2.05) is 17.2 Å². The van der Waals surface area contributed by atoms with E-state index in [4.69, 9.17) is 4.98 Å². The van der Waals surface area contributed by atoms with Crippen molar-refractivity contribution in [2.45, 2.75) is 46.5 Å². The zero-order chi connectivity index (χ0) is 22.2. The molecule has 1 aromatic carbocycles. The number of benzene rings is 1. The van der Waals surface area contributed by atoms with E-state index >= 15 is 0 Å². The normalized spacial score (nSPS) is 16.5. The molecule has 6 nitrogen and oxygen atoms in total. The van der Waals surface area contributed by atoms with Gasteiger partial charge in [0.25, 0.3) is 0 Å². The number of aromatic amines is 1. The molecule has 0 atom stereocenters. The molecule has 4 heterocycles. The van der Waals surface area contributed by atoms with Gasteiger partial charge < -0.3 is 14.8 Å². The lowest BCUT2D eigenvalue weighted by Gasteiger charge is -2.35. The van der Waals surface area contributed by atoms with Crippen LogP contribution in [0.2, 0.25) is 0 Å². The number of hydrogen-bond acceptors (Lipinski definition) is 4. The van der Waals surface area contributed by atoms with Crippen molar-refractivity contribution >= 4 is 17.4 Å². The first-order valence-electron chi connectivity index (χ1n) is 11.7. The number of nitrogens with one attached hydrogen (secondary N) is 1. The molecular formula is C26H31N5O. The van der Waals surface area contributed by atoms with E-state index in [1.54, 1.807) is 0 Å². The lowest BCUT2D eigenvalue weighted by molar-refractivity contribution is -0.123. The van der Waals surface area contributed by atoms with Gasteiger partial charge in [0.05, 0.1) is 11.4 Å². The molecule has 2 aliphatic heterocycles. The highest BCUT2D eigenvalue weighted by molar-refractivity contribution is 5.99. The summed E-state index contributed by atoms with van der Waals surface area (Å²) in [7, 11) is 0. The van der Waals surface area contributed by atoms with Gasteiger partial charge in [-0.3, -0.25) is 4.79 Å². The van der Waals surface area contributed by atoms with Crippen molar-refractivity contribution in [2.24, 2.45) is 5.92 Å². The third-order valence-electron chi connectivity index (χ3n) is 6.84. The van der Waals surface area contributed by atoms with Gasteiger partial charge in [-0.1, -0.05) is 24.6 Å². The number of H-pyrrole nitrogens is 1. The van der Waals surface area contributed by atoms with Crippen LogP contribution in [0.25, 0.3) is 11.3 Å². The minimum atomic E-state index is 0.0417. The third-order valence-corrected chi connectivity index (χ3v) is 6.84. The van der Waals surface area contributed by atoms with Crippen molar-refractivity contribution in [2.75, 3.05) is 29.4 Å². The Bertz CT molecular complexity index is 1140. The van der Waals surface area contributed by atoms with Crippen LogP contribution in [0.3, 0.4) is 0 Å². The topological polar surface area (TPSA) is 65.1 Å². The predicted molar refractivity (Wildman–Crippen MR) is 128 cm³/mol. The quantitative estimate of drug-likeness (QED) is 0.668. The van der Waals surface area contributed by atoms with Gasteiger partial charge in [-0.25, -0.2) is 9.97 Å². The van der Waals surface area contributed by atoms with Crippen LogP contribution in [0.4, 0.5) is 11.5 Å². The van der Waals surface area contributed by atoms with Crippen LogP contribution in [0.1, 0.15) is 42.4 Å². The second kappa shape index (κ2) is 8.41. The van der Waals surface area contributed by atoms with Gasteiger partial charge in [-0.15, -0.1) is 0 Å². The third kappa shape index (κ3) is 3.68. The molecule has 0 bridgehead atoms. The second-order valence-electron chi connectivity index (χ2n) is 9.03.